The molecule has 5 aliphatic rings. The molecular weight excluding hydrogens is 597 g/mol. The summed E-state index contributed by atoms with van der Waals surface area (Å²) >= 11 is 0. The summed E-state index contributed by atoms with van der Waals surface area (Å²) in [6.07, 6.45) is 3.62. The number of benzene rings is 2. The maximum absolute atomic E-state index is 17.1. The molecule has 12 heteroatoms. The van der Waals surface area contributed by atoms with Crippen LogP contribution in [0.2, 0.25) is 0 Å². The first kappa shape index (κ1) is 28.3. The van der Waals surface area contributed by atoms with Gasteiger partial charge in [-0.15, -0.1) is 0 Å². The van der Waals surface area contributed by atoms with Crippen LogP contribution >= 0.6 is 0 Å². The lowest BCUT2D eigenvalue weighted by molar-refractivity contribution is 0.107. The van der Waals surface area contributed by atoms with Crippen molar-refractivity contribution in [2.75, 3.05) is 37.7 Å². The zero-order valence-corrected chi connectivity index (χ0v) is 25.5. The summed E-state index contributed by atoms with van der Waals surface area (Å²) in [6, 6.07) is 6.25. The number of phenols is 1. The number of anilines is 1. The number of hydrogen-bond acceptors (Lipinski definition) is 9. The Morgan fingerprint density at radius 2 is 2.02 bits per heavy atom. The van der Waals surface area contributed by atoms with Crippen LogP contribution in [0.25, 0.3) is 32.9 Å². The van der Waals surface area contributed by atoms with E-state index >= 15 is 8.78 Å². The number of alkyl halides is 1. The van der Waals surface area contributed by atoms with Crippen LogP contribution in [0.4, 0.5) is 19.0 Å². The van der Waals surface area contributed by atoms with E-state index in [1.165, 1.54) is 18.2 Å². The standard InChI is InChI=1S/C34H35F3N6O3/c1-2-21-23(36)6-4-17-10-20(44)11-22(26(17)21)29-28(37)30-27-31(43-14-19-5-7-24(38-19)25(43)15-45-32(27)39-29)41-33(40-30)46-16-34-8-3-9-42(34)13-18(35)12-34/h4,6,10-11,18-19,24-25,38,44H,2-3,5,7-9,12-16H2,1H3/t18-,19-,24+,25-,34+/m0/s1. The van der Waals surface area contributed by atoms with E-state index in [0.29, 0.717) is 60.1 Å². The number of rotatable bonds is 5. The molecule has 0 spiro atoms. The van der Waals surface area contributed by atoms with Crippen molar-refractivity contribution in [1.29, 1.82) is 0 Å². The van der Waals surface area contributed by atoms with Gasteiger partial charge >= 0.3 is 6.01 Å². The highest BCUT2D eigenvalue weighted by molar-refractivity contribution is 6.03. The average Bonchev–Trinajstić information content (AvgIpc) is 3.68. The fraction of sp³-hybridized carbons (Fsp3) is 0.500. The van der Waals surface area contributed by atoms with Crippen molar-refractivity contribution in [3.8, 4) is 28.9 Å². The normalized spacial score (nSPS) is 28.4. The smallest absolute Gasteiger partial charge is 0.319 e. The Kier molecular flexibility index (Phi) is 6.34. The number of ether oxygens (including phenoxy) is 2. The molecule has 5 atom stereocenters. The monoisotopic (exact) mass is 632 g/mol. The SMILES string of the molecule is CCc1c(F)ccc2cc(O)cc(-c3nc4c5c(nc(OC[C@]67CCCN6C[C@@H](F)C7)nc5c3F)N3C[C@@H]5CC[C@@H](N5)[C@@H]3CO4)c12. The van der Waals surface area contributed by atoms with Crippen LogP contribution in [0.15, 0.2) is 24.3 Å². The van der Waals surface area contributed by atoms with Gasteiger partial charge in [0.05, 0.1) is 11.6 Å². The Morgan fingerprint density at radius 1 is 1.13 bits per heavy atom. The number of phenolic OH excluding ortho intramolecular Hbond substituents is 1. The maximum atomic E-state index is 17.1. The van der Waals surface area contributed by atoms with Crippen LogP contribution in [0.5, 0.6) is 17.6 Å². The van der Waals surface area contributed by atoms with E-state index in [1.54, 1.807) is 6.07 Å². The van der Waals surface area contributed by atoms with Crippen LogP contribution in [-0.4, -0.2) is 87.6 Å². The first-order valence-electron chi connectivity index (χ1n) is 16.3. The van der Waals surface area contributed by atoms with Crippen molar-refractivity contribution in [1.82, 2.24) is 25.2 Å². The number of aromatic nitrogens is 3. The van der Waals surface area contributed by atoms with Crippen molar-refractivity contribution in [2.45, 2.75) is 75.3 Å². The van der Waals surface area contributed by atoms with E-state index in [2.05, 4.69) is 20.1 Å². The Morgan fingerprint density at radius 3 is 2.89 bits per heavy atom. The number of halogens is 3. The lowest BCUT2D eigenvalue weighted by atomic mass is 9.94. The minimum absolute atomic E-state index is 0.0145. The molecule has 0 saturated carbocycles. The van der Waals surface area contributed by atoms with Crippen LogP contribution in [0, 0.1) is 11.6 Å². The molecule has 2 aromatic carbocycles. The van der Waals surface area contributed by atoms with E-state index < -0.39 is 23.3 Å². The number of hydrogen-bond donors (Lipinski definition) is 2. The molecule has 4 saturated heterocycles. The Labute approximate surface area is 263 Å². The number of nitrogens with one attached hydrogen (secondary N) is 1. The molecule has 0 unspecified atom stereocenters. The zero-order chi connectivity index (χ0) is 31.3. The molecule has 9 rings (SSSR count). The highest BCUT2D eigenvalue weighted by Gasteiger charge is 2.50. The predicted molar refractivity (Wildman–Crippen MR) is 166 cm³/mol. The van der Waals surface area contributed by atoms with Gasteiger partial charge in [0.15, 0.2) is 5.82 Å². The lowest BCUT2D eigenvalue weighted by Gasteiger charge is -2.40. The average molecular weight is 633 g/mol. The number of piperazine rings is 1. The predicted octanol–water partition coefficient (Wildman–Crippen LogP) is 5.05. The minimum Gasteiger partial charge on any atom is -0.508 e. The van der Waals surface area contributed by atoms with Gasteiger partial charge in [-0.2, -0.15) is 9.97 Å². The van der Waals surface area contributed by atoms with Gasteiger partial charge in [-0.1, -0.05) is 13.0 Å². The second kappa shape index (κ2) is 10.3. The maximum Gasteiger partial charge on any atom is 0.319 e. The van der Waals surface area contributed by atoms with Crippen molar-refractivity contribution < 1.29 is 27.8 Å². The number of fused-ring (bicyclic) bond motifs is 7. The number of nitrogens with zero attached hydrogens (tertiary/aromatic N) is 5. The van der Waals surface area contributed by atoms with E-state index in [-0.39, 0.29) is 59.1 Å². The minimum atomic E-state index is -0.913. The number of aryl methyl sites for hydroxylation is 1. The summed E-state index contributed by atoms with van der Waals surface area (Å²) < 4.78 is 59.3. The highest BCUT2D eigenvalue weighted by Crippen LogP contribution is 2.45. The summed E-state index contributed by atoms with van der Waals surface area (Å²) in [5.41, 5.74) is 0.0926. The van der Waals surface area contributed by atoms with Gasteiger partial charge in [-0.05, 0) is 73.2 Å². The summed E-state index contributed by atoms with van der Waals surface area (Å²) in [4.78, 5) is 18.6. The molecule has 9 nitrogen and oxygen atoms in total. The molecule has 2 bridgehead atoms. The van der Waals surface area contributed by atoms with E-state index in [1.807, 2.05) is 6.92 Å². The van der Waals surface area contributed by atoms with Crippen molar-refractivity contribution >= 4 is 27.5 Å². The quantitative estimate of drug-likeness (QED) is 0.314. The molecular formula is C34H35F3N6O3. The van der Waals surface area contributed by atoms with Crippen LogP contribution in [-0.2, 0) is 6.42 Å². The zero-order valence-electron chi connectivity index (χ0n) is 25.5. The Hall–Kier alpha value is -3.90. The van der Waals surface area contributed by atoms with E-state index in [4.69, 9.17) is 19.4 Å². The molecule has 0 radical (unpaired) electrons. The summed E-state index contributed by atoms with van der Waals surface area (Å²) in [5.74, 6) is -0.568. The van der Waals surface area contributed by atoms with Crippen molar-refractivity contribution in [3.63, 3.8) is 0 Å². The van der Waals surface area contributed by atoms with Gasteiger partial charge in [0, 0.05) is 37.2 Å². The molecule has 0 aliphatic carbocycles. The van der Waals surface area contributed by atoms with Crippen LogP contribution in [0.1, 0.15) is 44.6 Å². The van der Waals surface area contributed by atoms with Gasteiger partial charge in [-0.25, -0.2) is 18.2 Å². The molecule has 240 valence electrons. The summed E-state index contributed by atoms with van der Waals surface area (Å²) in [7, 11) is 0. The van der Waals surface area contributed by atoms with Crippen molar-refractivity contribution in [3.05, 3.63) is 41.5 Å². The highest BCUT2D eigenvalue weighted by atomic mass is 19.1. The fourth-order valence-corrected chi connectivity index (χ4v) is 8.84. The van der Waals surface area contributed by atoms with E-state index in [0.717, 1.165) is 32.2 Å². The number of aromatic hydroxyl groups is 1. The summed E-state index contributed by atoms with van der Waals surface area (Å²) in [5, 5.41) is 15.8. The number of pyridine rings is 1. The Bertz CT molecular complexity index is 1910. The fourth-order valence-electron chi connectivity index (χ4n) is 8.84. The van der Waals surface area contributed by atoms with Gasteiger partial charge in [-0.3, -0.25) is 4.90 Å². The van der Waals surface area contributed by atoms with Gasteiger partial charge < -0.3 is 24.8 Å². The first-order chi connectivity index (χ1) is 22.3. The van der Waals surface area contributed by atoms with Crippen molar-refractivity contribution in [2.24, 2.45) is 0 Å². The molecule has 46 heavy (non-hydrogen) atoms. The molecule has 4 aromatic rings. The Balaban J connectivity index is 1.24. The third kappa shape index (κ3) is 4.18. The summed E-state index contributed by atoms with van der Waals surface area (Å²) in [6.45, 7) is 4.21. The molecule has 7 heterocycles. The lowest BCUT2D eigenvalue weighted by Crippen LogP contribution is -2.60. The first-order valence-corrected chi connectivity index (χ1v) is 16.3. The third-order valence-corrected chi connectivity index (χ3v) is 10.9. The second-order valence-electron chi connectivity index (χ2n) is 13.5. The van der Waals surface area contributed by atoms with Crippen LogP contribution < -0.4 is 19.7 Å². The topological polar surface area (TPSA) is 95.9 Å². The van der Waals surface area contributed by atoms with Crippen LogP contribution in [0.3, 0.4) is 0 Å². The third-order valence-electron chi connectivity index (χ3n) is 10.9. The molecule has 4 fully saturated rings. The van der Waals surface area contributed by atoms with E-state index in [9.17, 15) is 9.50 Å². The molecule has 5 aliphatic heterocycles. The largest absolute Gasteiger partial charge is 0.508 e. The molecule has 2 N–H and O–H groups in total. The van der Waals surface area contributed by atoms with Gasteiger partial charge in [0.2, 0.25) is 5.88 Å². The van der Waals surface area contributed by atoms with Gasteiger partial charge in [0.1, 0.15) is 53.4 Å². The molecule has 2 aromatic heterocycles. The van der Waals surface area contributed by atoms with Gasteiger partial charge in [0.25, 0.3) is 0 Å². The molecule has 0 amide bonds. The second-order valence-corrected chi connectivity index (χ2v) is 13.5.